The van der Waals surface area contributed by atoms with E-state index in [2.05, 4.69) is 31.2 Å². The second kappa shape index (κ2) is 7.36. The van der Waals surface area contributed by atoms with Gasteiger partial charge in [-0.05, 0) is 17.8 Å². The molecule has 0 saturated heterocycles. The molecular weight excluding hydrogens is 306 g/mol. The van der Waals surface area contributed by atoms with Crippen molar-refractivity contribution in [3.8, 4) is 0 Å². The van der Waals surface area contributed by atoms with Gasteiger partial charge in [-0.15, -0.1) is 0 Å². The monoisotopic (exact) mass is 335 g/mol. The molecule has 0 radical (unpaired) electrons. The Morgan fingerprint density at radius 3 is 2.46 bits per heavy atom. The fourth-order valence-corrected chi connectivity index (χ4v) is 3.40. The van der Waals surface area contributed by atoms with Crippen molar-refractivity contribution in [2.24, 2.45) is 18.4 Å². The summed E-state index contributed by atoms with van der Waals surface area (Å²) in [6.07, 6.45) is 7.31. The molecule has 0 spiro atoms. The first kappa shape index (κ1) is 18.5. The van der Waals surface area contributed by atoms with Crippen molar-refractivity contribution in [3.05, 3.63) is 17.5 Å². The van der Waals surface area contributed by atoms with Gasteiger partial charge in [0.15, 0.2) is 5.69 Å². The molecule has 2 rings (SSSR count). The van der Waals surface area contributed by atoms with E-state index in [1.807, 2.05) is 0 Å². The van der Waals surface area contributed by atoms with Crippen molar-refractivity contribution in [1.29, 1.82) is 0 Å². The van der Waals surface area contributed by atoms with Gasteiger partial charge in [0.1, 0.15) is 5.69 Å². The molecule has 1 aliphatic carbocycles. The van der Waals surface area contributed by atoms with Gasteiger partial charge in [-0.1, -0.05) is 52.9 Å². The molecule has 1 aromatic rings. The number of aromatic carboxylic acids is 1. The zero-order valence-corrected chi connectivity index (χ0v) is 15.1. The number of aromatic nitrogens is 2. The molecule has 1 saturated carbocycles. The standard InChI is InChI=1S/C18H29N3O3/c1-18(2,3)15(10-12-8-6-5-7-9-12)19-16(22)14-11-13(17(23)24)20-21(14)4/h11-12,15H,5-10H2,1-4H3,(H,19,22)(H,23,24). The lowest BCUT2D eigenvalue weighted by atomic mass is 9.77. The van der Waals surface area contributed by atoms with Crippen LogP contribution in [0.1, 0.15) is 80.3 Å². The van der Waals surface area contributed by atoms with Crippen LogP contribution in [-0.2, 0) is 7.05 Å². The summed E-state index contributed by atoms with van der Waals surface area (Å²) in [5, 5.41) is 16.0. The van der Waals surface area contributed by atoms with Crippen LogP contribution in [0.5, 0.6) is 0 Å². The Labute approximate surface area is 143 Å². The van der Waals surface area contributed by atoms with Gasteiger partial charge in [-0.2, -0.15) is 5.10 Å². The summed E-state index contributed by atoms with van der Waals surface area (Å²) < 4.78 is 1.33. The van der Waals surface area contributed by atoms with E-state index in [1.54, 1.807) is 7.05 Å². The summed E-state index contributed by atoms with van der Waals surface area (Å²) in [5.74, 6) is -0.725. The molecule has 0 aromatic carbocycles. The first-order valence-corrected chi connectivity index (χ1v) is 8.76. The van der Waals surface area contributed by atoms with E-state index in [4.69, 9.17) is 5.11 Å². The van der Waals surface area contributed by atoms with E-state index in [9.17, 15) is 9.59 Å². The normalized spacial score (nSPS) is 17.5. The van der Waals surface area contributed by atoms with Crippen LogP contribution in [0.4, 0.5) is 0 Å². The molecule has 134 valence electrons. The van der Waals surface area contributed by atoms with E-state index < -0.39 is 5.97 Å². The Kier molecular flexibility index (Phi) is 5.67. The van der Waals surface area contributed by atoms with E-state index >= 15 is 0 Å². The average molecular weight is 335 g/mol. The molecular formula is C18H29N3O3. The maximum atomic E-state index is 12.6. The quantitative estimate of drug-likeness (QED) is 0.865. The second-order valence-corrected chi connectivity index (χ2v) is 7.98. The number of rotatable bonds is 5. The number of carbonyl (C=O) groups is 2. The van der Waals surface area contributed by atoms with E-state index in [1.165, 1.54) is 42.9 Å². The highest BCUT2D eigenvalue weighted by molar-refractivity contribution is 5.95. The van der Waals surface area contributed by atoms with Gasteiger partial charge in [0, 0.05) is 19.2 Å². The number of aryl methyl sites for hydroxylation is 1. The number of hydrogen-bond donors (Lipinski definition) is 2. The molecule has 1 atom stereocenters. The van der Waals surface area contributed by atoms with Crippen molar-refractivity contribution in [2.45, 2.75) is 65.3 Å². The predicted molar refractivity (Wildman–Crippen MR) is 92.1 cm³/mol. The lowest BCUT2D eigenvalue weighted by Gasteiger charge is -2.35. The number of nitrogens with zero attached hydrogens (tertiary/aromatic N) is 2. The third-order valence-corrected chi connectivity index (χ3v) is 4.98. The van der Waals surface area contributed by atoms with E-state index in [0.717, 1.165) is 6.42 Å². The molecule has 1 amide bonds. The van der Waals surface area contributed by atoms with Gasteiger partial charge in [-0.25, -0.2) is 4.79 Å². The maximum Gasteiger partial charge on any atom is 0.356 e. The van der Waals surface area contributed by atoms with Crippen LogP contribution in [-0.4, -0.2) is 32.8 Å². The molecule has 0 bridgehead atoms. The van der Waals surface area contributed by atoms with Crippen molar-refractivity contribution in [3.63, 3.8) is 0 Å². The first-order chi connectivity index (χ1) is 11.2. The molecule has 1 fully saturated rings. The third kappa shape index (κ3) is 4.58. The van der Waals surface area contributed by atoms with Gasteiger partial charge < -0.3 is 10.4 Å². The molecule has 2 N–H and O–H groups in total. The Balaban J connectivity index is 2.10. The van der Waals surface area contributed by atoms with Crippen molar-refractivity contribution < 1.29 is 14.7 Å². The van der Waals surface area contributed by atoms with Crippen LogP contribution in [0.3, 0.4) is 0 Å². The minimum absolute atomic E-state index is 0.0521. The summed E-state index contributed by atoms with van der Waals surface area (Å²) in [6.45, 7) is 6.39. The SMILES string of the molecule is Cn1nc(C(=O)O)cc1C(=O)NC(CC1CCCCC1)C(C)(C)C. The Morgan fingerprint density at radius 1 is 1.33 bits per heavy atom. The zero-order chi connectivity index (χ0) is 17.9. The summed E-state index contributed by atoms with van der Waals surface area (Å²) in [4.78, 5) is 23.7. The lowest BCUT2D eigenvalue weighted by molar-refractivity contribution is 0.0689. The zero-order valence-electron chi connectivity index (χ0n) is 15.1. The van der Waals surface area contributed by atoms with Gasteiger partial charge in [0.2, 0.25) is 0 Å². The van der Waals surface area contributed by atoms with Crippen LogP contribution in [0.25, 0.3) is 0 Å². The first-order valence-electron chi connectivity index (χ1n) is 8.76. The van der Waals surface area contributed by atoms with Gasteiger partial charge in [-0.3, -0.25) is 9.48 Å². The number of carbonyl (C=O) groups excluding carboxylic acids is 1. The summed E-state index contributed by atoms with van der Waals surface area (Å²) in [7, 11) is 1.59. The number of carboxylic acid groups (broad SMARTS) is 1. The summed E-state index contributed by atoms with van der Waals surface area (Å²) in [6, 6.07) is 1.38. The number of carboxylic acids is 1. The van der Waals surface area contributed by atoms with Crippen molar-refractivity contribution in [2.75, 3.05) is 0 Å². The summed E-state index contributed by atoms with van der Waals surface area (Å²) >= 11 is 0. The molecule has 1 heterocycles. The lowest BCUT2D eigenvalue weighted by Crippen LogP contribution is -2.45. The van der Waals surface area contributed by atoms with Crippen LogP contribution in [0.15, 0.2) is 6.07 Å². The number of amides is 1. The molecule has 1 aromatic heterocycles. The average Bonchev–Trinajstić information content (AvgIpc) is 2.89. The van der Waals surface area contributed by atoms with Gasteiger partial charge >= 0.3 is 5.97 Å². The van der Waals surface area contributed by atoms with E-state index in [-0.39, 0.29) is 28.8 Å². The third-order valence-electron chi connectivity index (χ3n) is 4.98. The minimum Gasteiger partial charge on any atom is -0.476 e. The molecule has 0 aliphatic heterocycles. The number of nitrogens with one attached hydrogen (secondary N) is 1. The van der Waals surface area contributed by atoms with Gasteiger partial charge in [0.25, 0.3) is 5.91 Å². The number of hydrogen-bond acceptors (Lipinski definition) is 3. The Bertz CT molecular complexity index is 595. The minimum atomic E-state index is -1.13. The van der Waals surface area contributed by atoms with Crippen molar-refractivity contribution >= 4 is 11.9 Å². The highest BCUT2D eigenvalue weighted by Crippen LogP contribution is 2.32. The van der Waals surface area contributed by atoms with Crippen molar-refractivity contribution in [1.82, 2.24) is 15.1 Å². The fraction of sp³-hybridized carbons (Fsp3) is 0.722. The fourth-order valence-electron chi connectivity index (χ4n) is 3.40. The van der Waals surface area contributed by atoms with Crippen LogP contribution in [0, 0.1) is 11.3 Å². The smallest absolute Gasteiger partial charge is 0.356 e. The highest BCUT2D eigenvalue weighted by atomic mass is 16.4. The van der Waals surface area contributed by atoms with Gasteiger partial charge in [0.05, 0.1) is 0 Å². The Hall–Kier alpha value is -1.85. The van der Waals surface area contributed by atoms with Crippen LogP contribution < -0.4 is 5.32 Å². The van der Waals surface area contributed by atoms with E-state index in [0.29, 0.717) is 5.92 Å². The largest absolute Gasteiger partial charge is 0.476 e. The topological polar surface area (TPSA) is 84.2 Å². The molecule has 1 unspecified atom stereocenters. The highest BCUT2D eigenvalue weighted by Gasteiger charge is 2.30. The van der Waals surface area contributed by atoms with Crippen LogP contribution in [0.2, 0.25) is 0 Å². The molecule has 24 heavy (non-hydrogen) atoms. The second-order valence-electron chi connectivity index (χ2n) is 7.98. The summed E-state index contributed by atoms with van der Waals surface area (Å²) in [5.41, 5.74) is 0.119. The Morgan fingerprint density at radius 2 is 1.96 bits per heavy atom. The van der Waals surface area contributed by atoms with Crippen LogP contribution >= 0.6 is 0 Å². The molecule has 6 nitrogen and oxygen atoms in total. The molecule has 6 heteroatoms. The maximum absolute atomic E-state index is 12.6. The predicted octanol–water partition coefficient (Wildman–Crippen LogP) is 3.23. The molecule has 1 aliphatic rings.